The number of carbonyl (C=O) groups is 4. The number of ketones is 1. The van der Waals surface area contributed by atoms with Gasteiger partial charge in [-0.2, -0.15) is 0 Å². The standard InChI is InChI=1S/C19H24N2O4/c1-18(2,3)10-8-9-11(19(4,5)6)14(22)12(10)13-15(23)20-17(25)21(7)16(13)24/h8-9H,1-7H3,(H,20,23,25)/b13-12-. The summed E-state index contributed by atoms with van der Waals surface area (Å²) in [5.41, 5.74) is 0.0248. The topological polar surface area (TPSA) is 83.6 Å². The number of amides is 4. The van der Waals surface area contributed by atoms with Gasteiger partial charge in [0.05, 0.1) is 0 Å². The van der Waals surface area contributed by atoms with Gasteiger partial charge in [0.25, 0.3) is 11.8 Å². The minimum absolute atomic E-state index is 0.0850. The van der Waals surface area contributed by atoms with Gasteiger partial charge < -0.3 is 0 Å². The zero-order chi connectivity index (χ0) is 19.3. The zero-order valence-corrected chi connectivity index (χ0v) is 15.7. The van der Waals surface area contributed by atoms with E-state index in [2.05, 4.69) is 5.32 Å². The van der Waals surface area contributed by atoms with E-state index in [9.17, 15) is 19.2 Å². The number of Topliss-reactive ketones (excluding diaryl/α,β-unsaturated/α-hetero) is 1. The highest BCUT2D eigenvalue weighted by Gasteiger charge is 2.42. The molecule has 0 saturated carbocycles. The molecule has 1 N–H and O–H groups in total. The van der Waals surface area contributed by atoms with Gasteiger partial charge in [0.1, 0.15) is 5.57 Å². The van der Waals surface area contributed by atoms with Crippen LogP contribution in [0.4, 0.5) is 4.79 Å². The van der Waals surface area contributed by atoms with Gasteiger partial charge in [-0.15, -0.1) is 0 Å². The first-order valence-corrected chi connectivity index (χ1v) is 8.12. The van der Waals surface area contributed by atoms with Gasteiger partial charge in [-0.25, -0.2) is 4.79 Å². The summed E-state index contributed by atoms with van der Waals surface area (Å²) in [5.74, 6) is -1.94. The maximum absolute atomic E-state index is 13.2. The molecule has 4 amide bonds. The van der Waals surface area contributed by atoms with E-state index in [-0.39, 0.29) is 16.9 Å². The van der Waals surface area contributed by atoms with E-state index in [4.69, 9.17) is 0 Å². The monoisotopic (exact) mass is 344 g/mol. The highest BCUT2D eigenvalue weighted by Crippen LogP contribution is 2.41. The van der Waals surface area contributed by atoms with Crippen LogP contribution in [0, 0.1) is 10.8 Å². The SMILES string of the molecule is CN1C(=O)NC(=O)/C(=C2/C(=O)C(C(C)(C)C)=CC=C2C(C)(C)C)C1=O. The van der Waals surface area contributed by atoms with Gasteiger partial charge in [0.2, 0.25) is 0 Å². The summed E-state index contributed by atoms with van der Waals surface area (Å²) in [5, 5.41) is 2.12. The van der Waals surface area contributed by atoms with E-state index >= 15 is 0 Å². The summed E-state index contributed by atoms with van der Waals surface area (Å²) >= 11 is 0. The summed E-state index contributed by atoms with van der Waals surface area (Å²) < 4.78 is 0. The van der Waals surface area contributed by atoms with Crippen molar-refractivity contribution in [3.63, 3.8) is 0 Å². The van der Waals surface area contributed by atoms with Gasteiger partial charge >= 0.3 is 6.03 Å². The highest BCUT2D eigenvalue weighted by molar-refractivity contribution is 6.33. The Labute approximate surface area is 147 Å². The van der Waals surface area contributed by atoms with Crippen molar-refractivity contribution in [1.82, 2.24) is 10.2 Å². The van der Waals surface area contributed by atoms with Crippen LogP contribution in [0.2, 0.25) is 0 Å². The Hall–Kier alpha value is -2.50. The molecule has 0 radical (unpaired) electrons. The second-order valence-electron chi connectivity index (χ2n) is 8.36. The molecule has 6 nitrogen and oxygen atoms in total. The molecule has 1 heterocycles. The number of carbonyl (C=O) groups excluding carboxylic acids is 4. The molecule has 1 fully saturated rings. The lowest BCUT2D eigenvalue weighted by atomic mass is 9.70. The quantitative estimate of drug-likeness (QED) is 0.541. The molecule has 0 aromatic rings. The molecule has 1 saturated heterocycles. The van der Waals surface area contributed by atoms with Crippen LogP contribution in [-0.4, -0.2) is 35.6 Å². The summed E-state index contributed by atoms with van der Waals surface area (Å²) in [6.45, 7) is 11.4. The Morgan fingerprint density at radius 2 is 1.28 bits per heavy atom. The number of hydrogen-bond acceptors (Lipinski definition) is 4. The van der Waals surface area contributed by atoms with Crippen LogP contribution in [0.25, 0.3) is 0 Å². The minimum Gasteiger partial charge on any atom is -0.289 e. The second-order valence-corrected chi connectivity index (χ2v) is 8.36. The maximum Gasteiger partial charge on any atom is 0.331 e. The van der Waals surface area contributed by atoms with Crippen molar-refractivity contribution in [2.45, 2.75) is 41.5 Å². The third kappa shape index (κ3) is 3.21. The van der Waals surface area contributed by atoms with Crippen molar-refractivity contribution < 1.29 is 19.2 Å². The van der Waals surface area contributed by atoms with Crippen LogP contribution in [0.15, 0.2) is 34.4 Å². The number of nitrogens with zero attached hydrogens (tertiary/aromatic N) is 1. The molecule has 2 rings (SSSR count). The number of rotatable bonds is 0. The first-order valence-electron chi connectivity index (χ1n) is 8.12. The fourth-order valence-electron chi connectivity index (χ4n) is 2.87. The van der Waals surface area contributed by atoms with Crippen molar-refractivity contribution in [1.29, 1.82) is 0 Å². The summed E-state index contributed by atoms with van der Waals surface area (Å²) in [7, 11) is 1.28. The van der Waals surface area contributed by atoms with Gasteiger partial charge in [-0.1, -0.05) is 53.7 Å². The number of allylic oxidation sites excluding steroid dienone is 5. The normalized spacial score (nSPS) is 22.8. The first-order chi connectivity index (χ1) is 11.3. The number of imide groups is 2. The number of likely N-dealkylation sites (N-methyl/N-ethyl adjacent to an activating group) is 1. The molecule has 6 heteroatoms. The Morgan fingerprint density at radius 1 is 0.800 bits per heavy atom. The molecule has 0 unspecified atom stereocenters. The molecule has 0 aromatic carbocycles. The summed E-state index contributed by atoms with van der Waals surface area (Å²) in [6.07, 6.45) is 3.55. The van der Waals surface area contributed by atoms with E-state index in [1.54, 1.807) is 12.2 Å². The summed E-state index contributed by atoms with van der Waals surface area (Å²) in [4.78, 5) is 50.7. The average molecular weight is 344 g/mol. The Balaban J connectivity index is 2.80. The molecule has 0 aromatic heterocycles. The number of nitrogens with one attached hydrogen (secondary N) is 1. The van der Waals surface area contributed by atoms with E-state index in [1.807, 2.05) is 41.5 Å². The highest BCUT2D eigenvalue weighted by atomic mass is 16.2. The van der Waals surface area contributed by atoms with Crippen molar-refractivity contribution in [2.75, 3.05) is 7.05 Å². The van der Waals surface area contributed by atoms with E-state index in [0.29, 0.717) is 11.1 Å². The molecule has 25 heavy (non-hydrogen) atoms. The smallest absolute Gasteiger partial charge is 0.289 e. The Kier molecular flexibility index (Phi) is 4.36. The van der Waals surface area contributed by atoms with Gasteiger partial charge in [-0.3, -0.25) is 24.6 Å². The van der Waals surface area contributed by atoms with Crippen LogP contribution in [-0.2, 0) is 14.4 Å². The number of barbiturate groups is 1. The summed E-state index contributed by atoms with van der Waals surface area (Å²) in [6, 6.07) is -0.796. The fraction of sp³-hybridized carbons (Fsp3) is 0.474. The molecule has 2 aliphatic rings. The predicted molar refractivity (Wildman–Crippen MR) is 93.4 cm³/mol. The van der Waals surface area contributed by atoms with Crippen molar-refractivity contribution >= 4 is 23.6 Å². The van der Waals surface area contributed by atoms with E-state index in [1.165, 1.54) is 7.05 Å². The predicted octanol–water partition coefficient (Wildman–Crippen LogP) is 2.52. The van der Waals surface area contributed by atoms with E-state index in [0.717, 1.165) is 4.90 Å². The molecule has 134 valence electrons. The Morgan fingerprint density at radius 3 is 1.76 bits per heavy atom. The van der Waals surface area contributed by atoms with Crippen LogP contribution >= 0.6 is 0 Å². The lowest BCUT2D eigenvalue weighted by Gasteiger charge is -2.34. The largest absolute Gasteiger partial charge is 0.331 e. The zero-order valence-electron chi connectivity index (χ0n) is 15.7. The van der Waals surface area contributed by atoms with Gasteiger partial charge in [-0.05, 0) is 16.4 Å². The minimum atomic E-state index is -0.832. The first kappa shape index (κ1) is 18.8. The molecule has 0 spiro atoms. The van der Waals surface area contributed by atoms with Crippen molar-refractivity contribution in [3.8, 4) is 0 Å². The molecule has 1 aliphatic heterocycles. The van der Waals surface area contributed by atoms with Gasteiger partial charge in [0, 0.05) is 18.2 Å². The number of hydrogen-bond donors (Lipinski definition) is 1. The lowest BCUT2D eigenvalue weighted by Crippen LogP contribution is -2.53. The third-order valence-electron chi connectivity index (χ3n) is 4.29. The molecule has 0 bridgehead atoms. The maximum atomic E-state index is 13.2. The number of urea groups is 1. The van der Waals surface area contributed by atoms with Gasteiger partial charge in [0.15, 0.2) is 5.78 Å². The second kappa shape index (κ2) is 5.79. The van der Waals surface area contributed by atoms with Crippen molar-refractivity contribution in [2.24, 2.45) is 10.8 Å². The molecular weight excluding hydrogens is 320 g/mol. The van der Waals surface area contributed by atoms with Crippen LogP contribution in [0.3, 0.4) is 0 Å². The molecular formula is C19H24N2O4. The Bertz CT molecular complexity index is 783. The fourth-order valence-corrected chi connectivity index (χ4v) is 2.87. The average Bonchev–Trinajstić information content (AvgIpc) is 2.44. The molecule has 0 atom stereocenters. The molecule has 1 aliphatic carbocycles. The van der Waals surface area contributed by atoms with Crippen LogP contribution in [0.5, 0.6) is 0 Å². The lowest BCUT2D eigenvalue weighted by molar-refractivity contribution is -0.130. The van der Waals surface area contributed by atoms with Crippen molar-refractivity contribution in [3.05, 3.63) is 34.4 Å². The third-order valence-corrected chi connectivity index (χ3v) is 4.29. The van der Waals surface area contributed by atoms with Crippen LogP contribution in [0.1, 0.15) is 41.5 Å². The van der Waals surface area contributed by atoms with Crippen LogP contribution < -0.4 is 5.32 Å². The van der Waals surface area contributed by atoms with E-state index < -0.39 is 28.7 Å².